The molecule has 0 bridgehead atoms. The minimum absolute atomic E-state index is 0. The van der Waals surface area contributed by atoms with E-state index in [0.717, 1.165) is 19.3 Å². The van der Waals surface area contributed by atoms with Gasteiger partial charge in [0.25, 0.3) is 0 Å². The van der Waals surface area contributed by atoms with Gasteiger partial charge in [-0.3, -0.25) is 4.79 Å². The van der Waals surface area contributed by atoms with Gasteiger partial charge in [-0.15, -0.1) is 0 Å². The second-order valence-electron chi connectivity index (χ2n) is 10.1. The van der Waals surface area contributed by atoms with Crippen LogP contribution in [0.3, 0.4) is 0 Å². The third kappa shape index (κ3) is 14.4. The number of esters is 3. The Bertz CT molecular complexity index is 889. The molecule has 236 valence electrons. The van der Waals surface area contributed by atoms with Crippen molar-refractivity contribution in [3.8, 4) is 0 Å². The molecule has 0 aromatic heterocycles. The largest absolute Gasteiger partial charge is 1.00 e. The zero-order valence-corrected chi connectivity index (χ0v) is 26.7. The van der Waals surface area contributed by atoms with Crippen molar-refractivity contribution in [1.29, 1.82) is 0 Å². The van der Waals surface area contributed by atoms with Crippen LogP contribution in [0, 0.1) is 0 Å². The molecule has 6 N–H and O–H groups in total. The number of hydrogen-bond donors (Lipinski definition) is 6. The Morgan fingerprint density at radius 2 is 1.24 bits per heavy atom. The van der Waals surface area contributed by atoms with Gasteiger partial charge in [0, 0.05) is 6.42 Å². The van der Waals surface area contributed by atoms with Crippen molar-refractivity contribution in [1.82, 2.24) is 0 Å². The minimum Gasteiger partial charge on any atom is -0.870 e. The minimum atomic E-state index is -1.48. The smallest absolute Gasteiger partial charge is 0.870 e. The standard InChI is InChI=1S/C22H38O7.C6H8O6.Na/c1-2-3-4-5-6-7-8-9-10-11-12-13-14-15-18(24)28-16-17(23)21-19(25)20(26)22(27)29-21;7-1-2(8)5-3(9)4(10)6(11)12-5;/h17,21,23,25-26H,2-16H2,1H3;2,5,7-10H,1H2;/q;;+1/p-1/t17-,21+;2-,5+;/m00./s1. The molecule has 2 heterocycles. The van der Waals surface area contributed by atoms with Crippen LogP contribution >= 0.6 is 0 Å². The SMILES string of the molecule is CCCCCCCCCCCCCCCC(=O)OC[C@H](O)[C@H]1OC(=O)C(O)=C1O.O=C1O[C@H]([C@@H](O)CO)C([O-])=C1O.[Na+]. The topological polar surface area (TPSA) is 223 Å². The number of ether oxygens (including phenoxy) is 3. The number of carbonyl (C=O) groups is 3. The van der Waals surface area contributed by atoms with Gasteiger partial charge in [-0.1, -0.05) is 84.0 Å². The molecule has 0 saturated carbocycles. The Labute approximate surface area is 268 Å². The molecule has 0 saturated heterocycles. The Kier molecular flexibility index (Phi) is 21.4. The fraction of sp³-hybridized carbons (Fsp3) is 0.750. The molecule has 2 rings (SSSR count). The average Bonchev–Trinajstić information content (AvgIpc) is 3.38. The number of aliphatic hydroxyl groups excluding tert-OH is 6. The summed E-state index contributed by atoms with van der Waals surface area (Å²) < 4.78 is 13.8. The number of unbranched alkanes of at least 4 members (excludes halogenated alkanes) is 12. The normalized spacial score (nSPS) is 19.4. The maximum absolute atomic E-state index is 11.7. The summed E-state index contributed by atoms with van der Waals surface area (Å²) in [4.78, 5) is 33.3. The first kappa shape index (κ1) is 40.0. The predicted molar refractivity (Wildman–Crippen MR) is 142 cm³/mol. The molecule has 0 amide bonds. The molecule has 42 heavy (non-hydrogen) atoms. The summed E-state index contributed by atoms with van der Waals surface area (Å²) in [6.45, 7) is 1.12. The summed E-state index contributed by atoms with van der Waals surface area (Å²) in [7, 11) is 0. The average molecular weight is 613 g/mol. The zero-order valence-electron chi connectivity index (χ0n) is 24.7. The third-order valence-electron chi connectivity index (χ3n) is 6.64. The summed E-state index contributed by atoms with van der Waals surface area (Å²) >= 11 is 0. The number of hydrogen-bond acceptors (Lipinski definition) is 13. The Balaban J connectivity index is 0.00000108. The Morgan fingerprint density at radius 3 is 1.64 bits per heavy atom. The molecule has 0 spiro atoms. The first-order valence-corrected chi connectivity index (χ1v) is 14.3. The molecule has 0 aliphatic carbocycles. The van der Waals surface area contributed by atoms with E-state index in [1.165, 1.54) is 64.2 Å². The van der Waals surface area contributed by atoms with Crippen LogP contribution in [-0.4, -0.2) is 86.2 Å². The molecular formula is C28H45NaO13. The van der Waals surface area contributed by atoms with Crippen molar-refractivity contribution < 1.29 is 93.9 Å². The summed E-state index contributed by atoms with van der Waals surface area (Å²) in [6.07, 6.45) is 10.4. The number of carbonyl (C=O) groups excluding carboxylic acids is 3. The van der Waals surface area contributed by atoms with Crippen LogP contribution in [0.2, 0.25) is 0 Å². The summed E-state index contributed by atoms with van der Waals surface area (Å²) in [5.41, 5.74) is 0. The molecule has 13 nitrogen and oxygen atoms in total. The van der Waals surface area contributed by atoms with E-state index in [-0.39, 0.29) is 36.0 Å². The van der Waals surface area contributed by atoms with Crippen molar-refractivity contribution in [3.63, 3.8) is 0 Å². The second kappa shape index (κ2) is 22.5. The first-order valence-electron chi connectivity index (χ1n) is 14.3. The molecule has 0 radical (unpaired) electrons. The molecule has 4 atom stereocenters. The molecule has 0 unspecified atom stereocenters. The van der Waals surface area contributed by atoms with E-state index in [2.05, 4.69) is 16.4 Å². The van der Waals surface area contributed by atoms with Gasteiger partial charge >= 0.3 is 47.5 Å². The van der Waals surface area contributed by atoms with Crippen molar-refractivity contribution in [2.45, 2.75) is 121 Å². The van der Waals surface area contributed by atoms with E-state index < -0.39 is 78.6 Å². The van der Waals surface area contributed by atoms with Crippen LogP contribution in [0.25, 0.3) is 0 Å². The molecule has 0 aromatic carbocycles. The zero-order chi connectivity index (χ0) is 30.8. The number of aliphatic hydroxyl groups is 6. The van der Waals surface area contributed by atoms with E-state index in [1.54, 1.807) is 0 Å². The summed E-state index contributed by atoms with van der Waals surface area (Å²) in [6, 6.07) is 0. The fourth-order valence-electron chi connectivity index (χ4n) is 4.16. The van der Waals surface area contributed by atoms with Crippen LogP contribution in [0.5, 0.6) is 0 Å². The van der Waals surface area contributed by atoms with Gasteiger partial charge < -0.3 is 50.0 Å². The van der Waals surface area contributed by atoms with Gasteiger partial charge in [-0.2, -0.15) is 0 Å². The van der Waals surface area contributed by atoms with Crippen LogP contribution in [0.4, 0.5) is 0 Å². The van der Waals surface area contributed by atoms with Gasteiger partial charge in [-0.25, -0.2) is 9.59 Å². The molecule has 2 aliphatic rings. The van der Waals surface area contributed by atoms with Crippen molar-refractivity contribution >= 4 is 17.9 Å². The Morgan fingerprint density at radius 1 is 0.786 bits per heavy atom. The van der Waals surface area contributed by atoms with Crippen LogP contribution < -0.4 is 34.7 Å². The van der Waals surface area contributed by atoms with Crippen LogP contribution in [0.15, 0.2) is 23.0 Å². The molecule has 0 aromatic rings. The van der Waals surface area contributed by atoms with Gasteiger partial charge in [-0.05, 0) is 12.2 Å². The van der Waals surface area contributed by atoms with Gasteiger partial charge in [0.05, 0.1) is 6.61 Å². The monoisotopic (exact) mass is 612 g/mol. The van der Waals surface area contributed by atoms with Crippen LogP contribution in [0.1, 0.15) is 96.8 Å². The van der Waals surface area contributed by atoms with E-state index in [9.17, 15) is 34.8 Å². The van der Waals surface area contributed by atoms with Crippen molar-refractivity contribution in [2.24, 2.45) is 0 Å². The second-order valence-corrected chi connectivity index (χ2v) is 10.1. The quantitative estimate of drug-likeness (QED) is 0.0447. The molecule has 14 heteroatoms. The number of cyclic esters (lactones) is 2. The molecular weight excluding hydrogens is 567 g/mol. The predicted octanol–water partition coefficient (Wildman–Crippen LogP) is -0.976. The maximum Gasteiger partial charge on any atom is 1.00 e. The van der Waals surface area contributed by atoms with Gasteiger partial charge in [0.1, 0.15) is 24.9 Å². The molecule has 2 aliphatic heterocycles. The van der Waals surface area contributed by atoms with E-state index in [1.807, 2.05) is 0 Å². The van der Waals surface area contributed by atoms with Gasteiger partial charge in [0.15, 0.2) is 17.6 Å². The maximum atomic E-state index is 11.7. The summed E-state index contributed by atoms with van der Waals surface area (Å²) in [5, 5.41) is 65.3. The van der Waals surface area contributed by atoms with E-state index in [4.69, 9.17) is 20.1 Å². The van der Waals surface area contributed by atoms with Crippen LogP contribution in [-0.2, 0) is 28.6 Å². The number of rotatable bonds is 19. The van der Waals surface area contributed by atoms with Crippen molar-refractivity contribution in [2.75, 3.05) is 13.2 Å². The molecule has 0 fully saturated rings. The van der Waals surface area contributed by atoms with Crippen molar-refractivity contribution in [3.05, 3.63) is 23.0 Å². The fourth-order valence-corrected chi connectivity index (χ4v) is 4.16. The summed E-state index contributed by atoms with van der Waals surface area (Å²) in [5.74, 6) is -6.41. The van der Waals surface area contributed by atoms with Gasteiger partial charge in [0.2, 0.25) is 5.76 Å². The van der Waals surface area contributed by atoms with E-state index >= 15 is 0 Å². The van der Waals surface area contributed by atoms with E-state index in [0.29, 0.717) is 0 Å². The third-order valence-corrected chi connectivity index (χ3v) is 6.64. The first-order chi connectivity index (χ1) is 19.5. The Hall–Kier alpha value is -2.03.